The molecule has 5 rings (SSSR count). The quantitative estimate of drug-likeness (QED) is 0.390. The SMILES string of the molecule is O=C(O)c1cc(F)c(-c2nn(Cc3c(Cl)cccc3C3CC3)c3cccc(F)c23)cc1O. The maximum atomic E-state index is 14.9. The molecule has 0 aliphatic heterocycles. The molecule has 1 saturated carbocycles. The summed E-state index contributed by atoms with van der Waals surface area (Å²) in [6.45, 7) is 0.256. The van der Waals surface area contributed by atoms with Crippen LogP contribution >= 0.6 is 11.6 Å². The molecule has 5 nitrogen and oxygen atoms in total. The van der Waals surface area contributed by atoms with Gasteiger partial charge in [-0.2, -0.15) is 5.10 Å². The highest BCUT2D eigenvalue weighted by atomic mass is 35.5. The number of aromatic hydroxyl groups is 1. The van der Waals surface area contributed by atoms with Crippen LogP contribution < -0.4 is 0 Å². The van der Waals surface area contributed by atoms with Gasteiger partial charge in [0.05, 0.1) is 17.4 Å². The molecule has 0 bridgehead atoms. The Morgan fingerprint density at radius 3 is 2.59 bits per heavy atom. The molecule has 2 N–H and O–H groups in total. The van der Waals surface area contributed by atoms with Gasteiger partial charge in [0.1, 0.15) is 28.6 Å². The number of phenols is 1. The third-order valence-electron chi connectivity index (χ3n) is 5.78. The predicted molar refractivity (Wildman–Crippen MR) is 116 cm³/mol. The smallest absolute Gasteiger partial charge is 0.339 e. The van der Waals surface area contributed by atoms with Crippen molar-refractivity contribution in [2.45, 2.75) is 25.3 Å². The molecule has 0 atom stereocenters. The highest BCUT2D eigenvalue weighted by Crippen LogP contribution is 2.44. The van der Waals surface area contributed by atoms with E-state index in [-0.39, 0.29) is 23.2 Å². The molecule has 8 heteroatoms. The molecule has 1 heterocycles. The summed E-state index contributed by atoms with van der Waals surface area (Å²) in [6.07, 6.45) is 2.15. The van der Waals surface area contributed by atoms with Gasteiger partial charge in [0, 0.05) is 10.6 Å². The lowest BCUT2D eigenvalue weighted by Gasteiger charge is -2.12. The van der Waals surface area contributed by atoms with Crippen molar-refractivity contribution in [1.29, 1.82) is 0 Å². The first-order valence-electron chi connectivity index (χ1n) is 10.0. The minimum absolute atomic E-state index is 0.0251. The second kappa shape index (κ2) is 7.60. The zero-order valence-electron chi connectivity index (χ0n) is 16.6. The third-order valence-corrected chi connectivity index (χ3v) is 6.13. The van der Waals surface area contributed by atoms with E-state index in [1.165, 1.54) is 12.1 Å². The molecular formula is C24H17ClF2N2O3. The maximum Gasteiger partial charge on any atom is 0.339 e. The lowest BCUT2D eigenvalue weighted by atomic mass is 10.0. The maximum absolute atomic E-state index is 14.9. The molecule has 0 radical (unpaired) electrons. The largest absolute Gasteiger partial charge is 0.507 e. The number of aromatic nitrogens is 2. The molecule has 1 aliphatic rings. The summed E-state index contributed by atoms with van der Waals surface area (Å²) in [4.78, 5) is 11.2. The highest BCUT2D eigenvalue weighted by molar-refractivity contribution is 6.31. The predicted octanol–water partition coefficient (Wildman–Crippen LogP) is 5.96. The summed E-state index contributed by atoms with van der Waals surface area (Å²) in [5.74, 6) is -3.20. The van der Waals surface area contributed by atoms with Crippen molar-refractivity contribution in [2.75, 3.05) is 0 Å². The van der Waals surface area contributed by atoms with Gasteiger partial charge in [-0.3, -0.25) is 4.68 Å². The molecule has 32 heavy (non-hydrogen) atoms. The van der Waals surface area contributed by atoms with Crippen LogP contribution in [0.4, 0.5) is 8.78 Å². The van der Waals surface area contributed by atoms with Gasteiger partial charge in [0.15, 0.2) is 0 Å². The van der Waals surface area contributed by atoms with E-state index in [2.05, 4.69) is 5.10 Å². The van der Waals surface area contributed by atoms with Crippen LogP contribution in [0.15, 0.2) is 48.5 Å². The molecule has 1 fully saturated rings. The van der Waals surface area contributed by atoms with Gasteiger partial charge in [-0.15, -0.1) is 0 Å². The summed E-state index contributed by atoms with van der Waals surface area (Å²) < 4.78 is 31.3. The summed E-state index contributed by atoms with van der Waals surface area (Å²) in [5, 5.41) is 24.3. The Balaban J connectivity index is 1.70. The van der Waals surface area contributed by atoms with E-state index in [4.69, 9.17) is 16.7 Å². The Morgan fingerprint density at radius 2 is 1.88 bits per heavy atom. The highest BCUT2D eigenvalue weighted by Gasteiger charge is 2.28. The summed E-state index contributed by atoms with van der Waals surface area (Å²) in [5.41, 5.74) is 1.63. The van der Waals surface area contributed by atoms with Crippen molar-refractivity contribution in [3.05, 3.63) is 81.9 Å². The first-order chi connectivity index (χ1) is 15.3. The van der Waals surface area contributed by atoms with E-state index < -0.39 is 28.9 Å². The van der Waals surface area contributed by atoms with Crippen LogP contribution in [0.2, 0.25) is 5.02 Å². The van der Waals surface area contributed by atoms with Crippen LogP contribution in [0.3, 0.4) is 0 Å². The molecule has 162 valence electrons. The summed E-state index contributed by atoms with van der Waals surface area (Å²) >= 11 is 6.49. The van der Waals surface area contributed by atoms with Crippen LogP contribution in [-0.2, 0) is 6.54 Å². The number of carboxylic acids is 1. The molecule has 0 amide bonds. The minimum atomic E-state index is -1.47. The number of benzene rings is 3. The zero-order valence-corrected chi connectivity index (χ0v) is 17.4. The van der Waals surface area contributed by atoms with Crippen molar-refractivity contribution < 1.29 is 23.8 Å². The number of fused-ring (bicyclic) bond motifs is 1. The lowest BCUT2D eigenvalue weighted by molar-refractivity contribution is 0.0693. The first-order valence-corrected chi connectivity index (χ1v) is 10.4. The van der Waals surface area contributed by atoms with Crippen LogP contribution in [0, 0.1) is 11.6 Å². The van der Waals surface area contributed by atoms with E-state index in [9.17, 15) is 18.7 Å². The first kappa shape index (κ1) is 20.5. The number of carboxylic acid groups (broad SMARTS) is 1. The lowest BCUT2D eigenvalue weighted by Crippen LogP contribution is -2.05. The number of aromatic carboxylic acids is 1. The molecule has 3 aromatic carbocycles. The molecule has 4 aromatic rings. The minimum Gasteiger partial charge on any atom is -0.507 e. The standard InChI is InChI=1S/C24H17ClF2N2O3/c25-17-4-1-3-13(12-7-8-12)16(17)11-29-20-6-2-5-18(26)22(20)23(28-29)14-10-21(30)15(24(31)32)9-19(14)27/h1-6,9-10,12,30H,7-8,11H2,(H,31,32). The Labute approximate surface area is 186 Å². The second-order valence-corrected chi connectivity index (χ2v) is 8.28. The fourth-order valence-electron chi connectivity index (χ4n) is 4.08. The molecule has 1 aromatic heterocycles. The van der Waals surface area contributed by atoms with E-state index in [1.54, 1.807) is 16.8 Å². The topological polar surface area (TPSA) is 75.3 Å². The van der Waals surface area contributed by atoms with Crippen molar-refractivity contribution in [2.24, 2.45) is 0 Å². The van der Waals surface area contributed by atoms with Crippen molar-refractivity contribution >= 4 is 28.5 Å². The molecule has 0 saturated heterocycles. The third kappa shape index (κ3) is 3.39. The van der Waals surface area contributed by atoms with Gasteiger partial charge in [-0.1, -0.05) is 29.8 Å². The van der Waals surface area contributed by atoms with Gasteiger partial charge >= 0.3 is 5.97 Å². The fourth-order valence-corrected chi connectivity index (χ4v) is 4.32. The van der Waals surface area contributed by atoms with Gasteiger partial charge in [-0.05, 0) is 60.2 Å². The number of nitrogens with zero attached hydrogens (tertiary/aromatic N) is 2. The normalized spacial score (nSPS) is 13.6. The number of hydrogen-bond donors (Lipinski definition) is 2. The van der Waals surface area contributed by atoms with Gasteiger partial charge in [0.2, 0.25) is 0 Å². The van der Waals surface area contributed by atoms with Crippen molar-refractivity contribution in [3.8, 4) is 17.0 Å². The Bertz CT molecular complexity index is 1400. The van der Waals surface area contributed by atoms with Crippen molar-refractivity contribution in [3.63, 3.8) is 0 Å². The summed E-state index contributed by atoms with van der Waals surface area (Å²) in [6, 6.07) is 11.8. The Kier molecular flexibility index (Phi) is 4.86. The second-order valence-electron chi connectivity index (χ2n) is 7.88. The molecule has 0 spiro atoms. The van der Waals surface area contributed by atoms with Gasteiger partial charge in [-0.25, -0.2) is 13.6 Å². The van der Waals surface area contributed by atoms with Gasteiger partial charge in [0.25, 0.3) is 0 Å². The Morgan fingerprint density at radius 1 is 1.12 bits per heavy atom. The average Bonchev–Trinajstić information content (AvgIpc) is 3.53. The summed E-state index contributed by atoms with van der Waals surface area (Å²) in [7, 11) is 0. The van der Waals surface area contributed by atoms with Crippen LogP contribution in [-0.4, -0.2) is 26.0 Å². The number of rotatable bonds is 5. The molecule has 0 unspecified atom stereocenters. The van der Waals surface area contributed by atoms with Crippen molar-refractivity contribution in [1.82, 2.24) is 9.78 Å². The van der Waals surface area contributed by atoms with E-state index >= 15 is 0 Å². The van der Waals surface area contributed by atoms with Crippen LogP contribution in [0.5, 0.6) is 5.75 Å². The molecule has 1 aliphatic carbocycles. The zero-order chi connectivity index (χ0) is 22.6. The number of halogens is 3. The van der Waals surface area contributed by atoms with Gasteiger partial charge < -0.3 is 10.2 Å². The number of carbonyl (C=O) groups is 1. The van der Waals surface area contributed by atoms with E-state index in [1.807, 2.05) is 12.1 Å². The fraction of sp³-hybridized carbons (Fsp3) is 0.167. The monoisotopic (exact) mass is 454 g/mol. The average molecular weight is 455 g/mol. The van der Waals surface area contributed by atoms with E-state index in [0.29, 0.717) is 22.5 Å². The van der Waals surface area contributed by atoms with Crippen LogP contribution in [0.25, 0.3) is 22.2 Å². The molecular weight excluding hydrogens is 438 g/mol. The number of hydrogen-bond acceptors (Lipinski definition) is 3. The van der Waals surface area contributed by atoms with E-state index in [0.717, 1.165) is 30.0 Å². The Hall–Kier alpha value is -3.45. The van der Waals surface area contributed by atoms with Crippen LogP contribution in [0.1, 0.15) is 40.2 Å².